The molecule has 0 saturated carbocycles. The minimum atomic E-state index is -1.45. The molecule has 5 heteroatoms. The number of hydrazine groups is 1. The summed E-state index contributed by atoms with van der Waals surface area (Å²) in [5, 5.41) is 0. The SMILES string of the molecule is NC(=O)NNC(F)c1ccccc1. The fourth-order valence-electron chi connectivity index (χ4n) is 0.840. The highest BCUT2D eigenvalue weighted by Gasteiger charge is 2.07. The van der Waals surface area contributed by atoms with Crippen molar-refractivity contribution in [3.8, 4) is 0 Å². The molecule has 1 atom stereocenters. The molecule has 70 valence electrons. The van der Waals surface area contributed by atoms with Crippen LogP contribution in [0.2, 0.25) is 0 Å². The molecule has 1 rings (SSSR count). The summed E-state index contributed by atoms with van der Waals surface area (Å²) in [6.45, 7) is 0. The molecule has 1 unspecified atom stereocenters. The number of hydrogen-bond donors (Lipinski definition) is 3. The number of benzene rings is 1. The first-order valence-corrected chi connectivity index (χ1v) is 3.70. The first-order valence-electron chi connectivity index (χ1n) is 3.70. The molecule has 0 aliphatic heterocycles. The van der Waals surface area contributed by atoms with Crippen LogP contribution in [0.15, 0.2) is 30.3 Å². The number of rotatable bonds is 3. The van der Waals surface area contributed by atoms with Crippen molar-refractivity contribution in [3.05, 3.63) is 35.9 Å². The quantitative estimate of drug-likeness (QED) is 0.480. The molecule has 0 heterocycles. The van der Waals surface area contributed by atoms with E-state index in [1.165, 1.54) is 0 Å². The Morgan fingerprint density at radius 3 is 2.54 bits per heavy atom. The van der Waals surface area contributed by atoms with Crippen molar-refractivity contribution >= 4 is 6.03 Å². The van der Waals surface area contributed by atoms with Gasteiger partial charge in [0.1, 0.15) is 0 Å². The number of primary amides is 1. The molecule has 1 aromatic carbocycles. The number of alkyl halides is 1. The summed E-state index contributed by atoms with van der Waals surface area (Å²) in [5.74, 6) is 0. The maximum atomic E-state index is 13.1. The standard InChI is InChI=1S/C8H10FN3O/c9-7(11-12-8(10)13)6-4-2-1-3-5-6/h1-5,7,11H,(H3,10,12,13). The third-order valence-electron chi connectivity index (χ3n) is 1.41. The minimum Gasteiger partial charge on any atom is -0.351 e. The van der Waals surface area contributed by atoms with Gasteiger partial charge >= 0.3 is 6.03 Å². The van der Waals surface area contributed by atoms with Crippen LogP contribution in [-0.2, 0) is 0 Å². The number of hydrogen-bond acceptors (Lipinski definition) is 2. The number of carbonyl (C=O) groups excluding carboxylic acids is 1. The molecular formula is C8H10FN3O. The van der Waals surface area contributed by atoms with Crippen LogP contribution in [0.25, 0.3) is 0 Å². The Morgan fingerprint density at radius 2 is 2.00 bits per heavy atom. The molecule has 0 aliphatic carbocycles. The Hall–Kier alpha value is -1.62. The Morgan fingerprint density at radius 1 is 1.38 bits per heavy atom. The zero-order valence-electron chi connectivity index (χ0n) is 6.83. The van der Waals surface area contributed by atoms with E-state index in [2.05, 4.69) is 5.43 Å². The maximum absolute atomic E-state index is 13.1. The van der Waals surface area contributed by atoms with Crippen LogP contribution < -0.4 is 16.6 Å². The smallest absolute Gasteiger partial charge is 0.326 e. The average Bonchev–Trinajstić information content (AvgIpc) is 2.15. The van der Waals surface area contributed by atoms with Crippen molar-refractivity contribution in [2.75, 3.05) is 0 Å². The lowest BCUT2D eigenvalue weighted by atomic mass is 10.2. The molecule has 0 spiro atoms. The van der Waals surface area contributed by atoms with Gasteiger partial charge in [-0.2, -0.15) is 5.43 Å². The molecule has 0 radical (unpaired) electrons. The van der Waals surface area contributed by atoms with E-state index in [0.29, 0.717) is 5.56 Å². The summed E-state index contributed by atoms with van der Waals surface area (Å²) in [6.07, 6.45) is -1.45. The van der Waals surface area contributed by atoms with Crippen molar-refractivity contribution in [3.63, 3.8) is 0 Å². The van der Waals surface area contributed by atoms with Crippen molar-refractivity contribution in [1.29, 1.82) is 0 Å². The molecule has 0 fully saturated rings. The monoisotopic (exact) mass is 183 g/mol. The zero-order chi connectivity index (χ0) is 9.68. The van der Waals surface area contributed by atoms with E-state index >= 15 is 0 Å². The number of nitrogens with one attached hydrogen (secondary N) is 2. The zero-order valence-corrected chi connectivity index (χ0v) is 6.83. The third kappa shape index (κ3) is 3.08. The number of nitrogens with two attached hydrogens (primary N) is 1. The van der Waals surface area contributed by atoms with Gasteiger partial charge in [-0.05, 0) is 0 Å². The maximum Gasteiger partial charge on any atom is 0.326 e. The summed E-state index contributed by atoms with van der Waals surface area (Å²) in [6, 6.07) is 7.55. The van der Waals surface area contributed by atoms with Crippen molar-refractivity contribution < 1.29 is 9.18 Å². The van der Waals surface area contributed by atoms with Gasteiger partial charge in [0.25, 0.3) is 0 Å². The molecule has 4 nitrogen and oxygen atoms in total. The first kappa shape index (κ1) is 9.47. The second kappa shape index (κ2) is 4.42. The fraction of sp³-hybridized carbons (Fsp3) is 0.125. The van der Waals surface area contributed by atoms with Gasteiger partial charge in [-0.15, -0.1) is 0 Å². The Bertz CT molecular complexity index is 278. The highest BCUT2D eigenvalue weighted by Crippen LogP contribution is 2.11. The number of amides is 2. The van der Waals surface area contributed by atoms with Gasteiger partial charge in [0.15, 0.2) is 6.30 Å². The number of urea groups is 1. The summed E-state index contributed by atoms with van der Waals surface area (Å²) in [4.78, 5) is 10.2. The molecule has 0 aliphatic rings. The van der Waals surface area contributed by atoms with Crippen LogP contribution in [0.3, 0.4) is 0 Å². The van der Waals surface area contributed by atoms with Crippen molar-refractivity contribution in [2.24, 2.45) is 5.73 Å². The largest absolute Gasteiger partial charge is 0.351 e. The molecule has 1 aromatic rings. The molecule has 13 heavy (non-hydrogen) atoms. The highest BCUT2D eigenvalue weighted by atomic mass is 19.1. The molecule has 0 saturated heterocycles. The molecule has 0 aromatic heterocycles. The van der Waals surface area contributed by atoms with Gasteiger partial charge in [-0.3, -0.25) is 5.43 Å². The van der Waals surface area contributed by atoms with E-state index in [1.807, 2.05) is 5.43 Å². The van der Waals surface area contributed by atoms with Crippen LogP contribution in [0, 0.1) is 0 Å². The first-order chi connectivity index (χ1) is 6.20. The summed E-state index contributed by atoms with van der Waals surface area (Å²) >= 11 is 0. The van der Waals surface area contributed by atoms with Gasteiger partial charge in [-0.1, -0.05) is 30.3 Å². The van der Waals surface area contributed by atoms with Gasteiger partial charge in [-0.25, -0.2) is 9.18 Å². The van der Waals surface area contributed by atoms with Crippen molar-refractivity contribution in [1.82, 2.24) is 10.9 Å². The van der Waals surface area contributed by atoms with E-state index in [4.69, 9.17) is 5.73 Å². The molecule has 0 bridgehead atoms. The molecular weight excluding hydrogens is 173 g/mol. The molecule has 2 amide bonds. The van der Waals surface area contributed by atoms with Crippen LogP contribution in [-0.4, -0.2) is 6.03 Å². The van der Waals surface area contributed by atoms with Gasteiger partial charge in [0, 0.05) is 5.56 Å². The van der Waals surface area contributed by atoms with E-state index in [9.17, 15) is 9.18 Å². The Kier molecular flexibility index (Phi) is 3.22. The topological polar surface area (TPSA) is 67.2 Å². The highest BCUT2D eigenvalue weighted by molar-refractivity contribution is 5.70. The molecule has 4 N–H and O–H groups in total. The second-order valence-electron chi connectivity index (χ2n) is 2.41. The summed E-state index contributed by atoms with van der Waals surface area (Å²) < 4.78 is 13.1. The Balaban J connectivity index is 2.49. The Labute approximate surface area is 74.9 Å². The van der Waals surface area contributed by atoms with E-state index in [-0.39, 0.29) is 0 Å². The van der Waals surface area contributed by atoms with Gasteiger partial charge in [0.05, 0.1) is 0 Å². The lowest BCUT2D eigenvalue weighted by Gasteiger charge is -2.09. The summed E-state index contributed by atoms with van der Waals surface area (Å²) in [7, 11) is 0. The van der Waals surface area contributed by atoms with Crippen LogP contribution in [0.4, 0.5) is 9.18 Å². The lowest BCUT2D eigenvalue weighted by molar-refractivity contribution is 0.219. The van der Waals surface area contributed by atoms with E-state index < -0.39 is 12.3 Å². The lowest BCUT2D eigenvalue weighted by Crippen LogP contribution is -2.41. The number of halogens is 1. The van der Waals surface area contributed by atoms with Crippen molar-refractivity contribution in [2.45, 2.75) is 6.30 Å². The fourth-order valence-corrected chi connectivity index (χ4v) is 0.840. The predicted molar refractivity (Wildman–Crippen MR) is 46.1 cm³/mol. The van der Waals surface area contributed by atoms with E-state index in [1.54, 1.807) is 30.3 Å². The van der Waals surface area contributed by atoms with Gasteiger partial charge < -0.3 is 5.73 Å². The van der Waals surface area contributed by atoms with Crippen LogP contribution >= 0.6 is 0 Å². The van der Waals surface area contributed by atoms with Crippen LogP contribution in [0.1, 0.15) is 11.9 Å². The predicted octanol–water partition coefficient (Wildman–Crippen LogP) is 0.828. The second-order valence-corrected chi connectivity index (χ2v) is 2.41. The van der Waals surface area contributed by atoms with E-state index in [0.717, 1.165) is 0 Å². The van der Waals surface area contributed by atoms with Crippen LogP contribution in [0.5, 0.6) is 0 Å². The normalized spacial score (nSPS) is 12.1. The minimum absolute atomic E-state index is 0.427. The summed E-state index contributed by atoms with van der Waals surface area (Å²) in [5.41, 5.74) is 9.23. The average molecular weight is 183 g/mol. The number of carbonyl (C=O) groups is 1. The third-order valence-corrected chi connectivity index (χ3v) is 1.41. The van der Waals surface area contributed by atoms with Gasteiger partial charge in [0.2, 0.25) is 0 Å².